The second-order valence-corrected chi connectivity index (χ2v) is 7.20. The fraction of sp³-hybridized carbons (Fsp3) is 0.526. The first-order valence-electron chi connectivity index (χ1n) is 9.11. The van der Waals surface area contributed by atoms with E-state index in [1.165, 1.54) is 11.1 Å². The number of amides is 1. The van der Waals surface area contributed by atoms with Gasteiger partial charge >= 0.3 is 0 Å². The number of carbonyl (C=O) groups is 1. The van der Waals surface area contributed by atoms with Gasteiger partial charge in [0.05, 0.1) is 11.7 Å². The van der Waals surface area contributed by atoms with Crippen LogP contribution in [0.2, 0.25) is 0 Å². The number of benzene rings is 1. The maximum atomic E-state index is 13.0. The summed E-state index contributed by atoms with van der Waals surface area (Å²) < 4.78 is 1.95. The molecule has 140 valence electrons. The van der Waals surface area contributed by atoms with Gasteiger partial charge in [-0.15, -0.1) is 17.5 Å². The summed E-state index contributed by atoms with van der Waals surface area (Å²) in [6, 6.07) is 9.00. The Hall–Kier alpha value is -1.92. The summed E-state index contributed by atoms with van der Waals surface area (Å²) in [5.74, 6) is -0.0181. The molecule has 2 aliphatic rings. The molecule has 1 aromatic heterocycles. The fourth-order valence-electron chi connectivity index (χ4n) is 4.08. The van der Waals surface area contributed by atoms with E-state index in [9.17, 15) is 4.79 Å². The number of aromatic nitrogens is 3. The summed E-state index contributed by atoms with van der Waals surface area (Å²) in [5, 5.41) is 11.9. The van der Waals surface area contributed by atoms with Gasteiger partial charge in [-0.1, -0.05) is 29.5 Å². The van der Waals surface area contributed by atoms with E-state index in [0.717, 1.165) is 44.5 Å². The third-order valence-electron chi connectivity index (χ3n) is 5.68. The standard InChI is InChI=1S/C19H25N5O.ClH/c1-13-18(21-22-24(13)16-7-9-20-10-8-16)19(25)23(2)17-11-14-5-3-4-6-15(14)12-17;/h3-6,16-17,20H,7-12H2,1-2H3;1H. The van der Waals surface area contributed by atoms with Gasteiger partial charge in [-0.05, 0) is 56.8 Å². The van der Waals surface area contributed by atoms with E-state index < -0.39 is 0 Å². The minimum absolute atomic E-state index is 0. The number of nitrogens with zero attached hydrogens (tertiary/aromatic N) is 4. The van der Waals surface area contributed by atoms with Crippen LogP contribution in [0.5, 0.6) is 0 Å². The number of nitrogens with one attached hydrogen (secondary N) is 1. The average Bonchev–Trinajstić information content (AvgIpc) is 3.24. The number of piperidine rings is 1. The Kier molecular flexibility index (Phi) is 5.63. The molecule has 1 saturated heterocycles. The van der Waals surface area contributed by atoms with Crippen LogP contribution >= 0.6 is 12.4 Å². The lowest BCUT2D eigenvalue weighted by Gasteiger charge is -2.25. The molecule has 26 heavy (non-hydrogen) atoms. The van der Waals surface area contributed by atoms with Crippen molar-refractivity contribution < 1.29 is 4.79 Å². The first-order chi connectivity index (χ1) is 12.1. The molecular formula is C19H26ClN5O. The van der Waals surface area contributed by atoms with Crippen LogP contribution in [0.25, 0.3) is 0 Å². The molecule has 0 bridgehead atoms. The van der Waals surface area contributed by atoms with E-state index in [1.807, 2.05) is 23.6 Å². The van der Waals surface area contributed by atoms with Crippen molar-refractivity contribution in [3.05, 3.63) is 46.8 Å². The van der Waals surface area contributed by atoms with Crippen LogP contribution in [-0.2, 0) is 12.8 Å². The molecule has 1 aromatic carbocycles. The van der Waals surface area contributed by atoms with Crippen molar-refractivity contribution >= 4 is 18.3 Å². The highest BCUT2D eigenvalue weighted by molar-refractivity contribution is 5.93. The Balaban J connectivity index is 0.00000196. The Labute approximate surface area is 160 Å². The summed E-state index contributed by atoms with van der Waals surface area (Å²) in [7, 11) is 1.89. The Morgan fingerprint density at radius 1 is 1.19 bits per heavy atom. The second kappa shape index (κ2) is 7.76. The summed E-state index contributed by atoms with van der Waals surface area (Å²) in [5.41, 5.74) is 4.08. The molecule has 0 spiro atoms. The van der Waals surface area contributed by atoms with Gasteiger partial charge in [-0.3, -0.25) is 4.79 Å². The van der Waals surface area contributed by atoms with Crippen molar-refractivity contribution in [1.82, 2.24) is 25.2 Å². The van der Waals surface area contributed by atoms with E-state index >= 15 is 0 Å². The molecule has 7 heteroatoms. The highest BCUT2D eigenvalue weighted by Crippen LogP contribution is 2.26. The van der Waals surface area contributed by atoms with Crippen molar-refractivity contribution in [2.75, 3.05) is 20.1 Å². The third-order valence-corrected chi connectivity index (χ3v) is 5.68. The molecule has 1 aliphatic heterocycles. The monoisotopic (exact) mass is 375 g/mol. The first kappa shape index (κ1) is 18.9. The maximum absolute atomic E-state index is 13.0. The minimum Gasteiger partial charge on any atom is -0.337 e. The number of fused-ring (bicyclic) bond motifs is 1. The molecular weight excluding hydrogens is 350 g/mol. The molecule has 4 rings (SSSR count). The predicted molar refractivity (Wildman–Crippen MR) is 103 cm³/mol. The quantitative estimate of drug-likeness (QED) is 0.893. The number of hydrogen-bond acceptors (Lipinski definition) is 4. The Morgan fingerprint density at radius 2 is 1.81 bits per heavy atom. The summed E-state index contributed by atoms with van der Waals surface area (Å²) in [6.07, 6.45) is 3.90. The molecule has 1 N–H and O–H groups in total. The number of hydrogen-bond donors (Lipinski definition) is 1. The van der Waals surface area contributed by atoms with E-state index in [2.05, 4.69) is 39.9 Å². The van der Waals surface area contributed by atoms with E-state index in [4.69, 9.17) is 0 Å². The van der Waals surface area contributed by atoms with Crippen molar-refractivity contribution in [3.8, 4) is 0 Å². The molecule has 1 fully saturated rings. The average molecular weight is 376 g/mol. The van der Waals surface area contributed by atoms with Crippen LogP contribution in [0, 0.1) is 6.92 Å². The summed E-state index contributed by atoms with van der Waals surface area (Å²) in [6.45, 7) is 3.95. The van der Waals surface area contributed by atoms with Crippen LogP contribution in [-0.4, -0.2) is 52.0 Å². The smallest absolute Gasteiger partial charge is 0.276 e. The number of rotatable bonds is 3. The van der Waals surface area contributed by atoms with Gasteiger partial charge in [0.1, 0.15) is 0 Å². The largest absolute Gasteiger partial charge is 0.337 e. The number of likely N-dealkylation sites (N-methyl/N-ethyl adjacent to an activating group) is 1. The van der Waals surface area contributed by atoms with Gasteiger partial charge in [0.15, 0.2) is 5.69 Å². The zero-order valence-electron chi connectivity index (χ0n) is 15.3. The maximum Gasteiger partial charge on any atom is 0.276 e. The van der Waals surface area contributed by atoms with Gasteiger partial charge in [0, 0.05) is 13.1 Å². The molecule has 1 aliphatic carbocycles. The topological polar surface area (TPSA) is 63.1 Å². The molecule has 0 unspecified atom stereocenters. The third kappa shape index (κ3) is 3.35. The zero-order valence-corrected chi connectivity index (χ0v) is 16.1. The molecule has 1 amide bonds. The molecule has 0 saturated carbocycles. The Bertz CT molecular complexity index is 759. The van der Waals surface area contributed by atoms with E-state index in [0.29, 0.717) is 11.7 Å². The van der Waals surface area contributed by atoms with Crippen molar-refractivity contribution in [1.29, 1.82) is 0 Å². The lowest BCUT2D eigenvalue weighted by Crippen LogP contribution is -2.38. The van der Waals surface area contributed by atoms with E-state index in [-0.39, 0.29) is 24.4 Å². The van der Waals surface area contributed by atoms with Crippen LogP contribution in [0.4, 0.5) is 0 Å². The SMILES string of the molecule is Cc1c(C(=O)N(C)C2Cc3ccccc3C2)nnn1C1CCNCC1.Cl. The summed E-state index contributed by atoms with van der Waals surface area (Å²) >= 11 is 0. The molecule has 2 heterocycles. The normalized spacial score (nSPS) is 17.6. The highest BCUT2D eigenvalue weighted by atomic mass is 35.5. The first-order valence-corrected chi connectivity index (χ1v) is 9.11. The lowest BCUT2D eigenvalue weighted by atomic mass is 10.1. The van der Waals surface area contributed by atoms with E-state index in [1.54, 1.807) is 0 Å². The van der Waals surface area contributed by atoms with Gasteiger partial charge in [-0.2, -0.15) is 0 Å². The number of carbonyl (C=O) groups excluding carboxylic acids is 1. The van der Waals surface area contributed by atoms with Gasteiger partial charge in [0.25, 0.3) is 5.91 Å². The lowest BCUT2D eigenvalue weighted by molar-refractivity contribution is 0.0731. The fourth-order valence-corrected chi connectivity index (χ4v) is 4.08. The predicted octanol–water partition coefficient (Wildman–Crippen LogP) is 2.17. The summed E-state index contributed by atoms with van der Waals surface area (Å²) in [4.78, 5) is 14.8. The minimum atomic E-state index is -0.0181. The van der Waals surface area contributed by atoms with Crippen molar-refractivity contribution in [3.63, 3.8) is 0 Å². The highest BCUT2D eigenvalue weighted by Gasteiger charge is 2.31. The Morgan fingerprint density at radius 3 is 2.42 bits per heavy atom. The zero-order chi connectivity index (χ0) is 17.4. The van der Waals surface area contributed by atoms with Gasteiger partial charge in [-0.25, -0.2) is 4.68 Å². The van der Waals surface area contributed by atoms with Crippen LogP contribution in [0.15, 0.2) is 24.3 Å². The molecule has 0 radical (unpaired) electrons. The van der Waals surface area contributed by atoms with Crippen LogP contribution in [0.3, 0.4) is 0 Å². The van der Waals surface area contributed by atoms with Gasteiger partial charge < -0.3 is 10.2 Å². The number of halogens is 1. The molecule has 0 atom stereocenters. The second-order valence-electron chi connectivity index (χ2n) is 7.20. The molecule has 2 aromatic rings. The van der Waals surface area contributed by atoms with Gasteiger partial charge in [0.2, 0.25) is 0 Å². The van der Waals surface area contributed by atoms with Crippen LogP contribution in [0.1, 0.15) is 46.2 Å². The van der Waals surface area contributed by atoms with Crippen molar-refractivity contribution in [2.24, 2.45) is 0 Å². The van der Waals surface area contributed by atoms with Crippen LogP contribution < -0.4 is 5.32 Å². The van der Waals surface area contributed by atoms with Crippen molar-refractivity contribution in [2.45, 2.75) is 44.7 Å². The molecule has 6 nitrogen and oxygen atoms in total.